The van der Waals surface area contributed by atoms with Crippen LogP contribution in [-0.2, 0) is 17.8 Å². The van der Waals surface area contributed by atoms with Crippen molar-refractivity contribution in [3.05, 3.63) is 82.6 Å². The number of fused-ring (bicyclic) bond motifs is 2. The summed E-state index contributed by atoms with van der Waals surface area (Å²) in [6.07, 6.45) is 0.717. The summed E-state index contributed by atoms with van der Waals surface area (Å²) in [6.45, 7) is 0.349. The number of nitrogens with one attached hydrogen (secondary N) is 1. The molecule has 134 valence electrons. The van der Waals surface area contributed by atoms with E-state index < -0.39 is 0 Å². The molecule has 4 aromatic rings. The second kappa shape index (κ2) is 7.37. The minimum Gasteiger partial charge on any atom is -0.354 e. The third-order valence-electron chi connectivity index (χ3n) is 4.47. The predicted molar refractivity (Wildman–Crippen MR) is 104 cm³/mol. The highest BCUT2D eigenvalue weighted by atomic mass is 16.2. The summed E-state index contributed by atoms with van der Waals surface area (Å²) in [5, 5.41) is 13.5. The molecule has 1 N–H and O–H groups in total. The van der Waals surface area contributed by atoms with E-state index >= 15 is 0 Å². The Morgan fingerprint density at radius 2 is 1.74 bits per heavy atom. The fourth-order valence-electron chi connectivity index (χ4n) is 3.06. The van der Waals surface area contributed by atoms with Crippen molar-refractivity contribution in [1.82, 2.24) is 20.3 Å². The van der Waals surface area contributed by atoms with Gasteiger partial charge in [0.1, 0.15) is 12.1 Å². The van der Waals surface area contributed by atoms with Gasteiger partial charge < -0.3 is 5.32 Å². The Labute approximate surface area is 155 Å². The van der Waals surface area contributed by atoms with Crippen LogP contribution < -0.4 is 10.9 Å². The van der Waals surface area contributed by atoms with Gasteiger partial charge in [0.05, 0.1) is 5.39 Å². The molecule has 27 heavy (non-hydrogen) atoms. The number of aromatic nitrogens is 3. The molecule has 0 unspecified atom stereocenters. The van der Waals surface area contributed by atoms with Crippen LogP contribution in [0, 0.1) is 0 Å². The van der Waals surface area contributed by atoms with Crippen LogP contribution in [0.5, 0.6) is 0 Å². The minimum atomic E-state index is -0.315. The van der Waals surface area contributed by atoms with Crippen molar-refractivity contribution in [1.29, 1.82) is 0 Å². The fourth-order valence-corrected chi connectivity index (χ4v) is 3.06. The van der Waals surface area contributed by atoms with Crippen LogP contribution in [0.25, 0.3) is 21.7 Å². The number of carbonyl (C=O) groups is 1. The summed E-state index contributed by atoms with van der Waals surface area (Å²) in [4.78, 5) is 24.5. The lowest BCUT2D eigenvalue weighted by atomic mass is 10.1. The van der Waals surface area contributed by atoms with E-state index in [1.165, 1.54) is 10.8 Å². The van der Waals surface area contributed by atoms with Gasteiger partial charge in [-0.1, -0.05) is 59.8 Å². The molecule has 0 saturated heterocycles. The van der Waals surface area contributed by atoms with Crippen LogP contribution in [0.1, 0.15) is 5.56 Å². The Morgan fingerprint density at radius 1 is 0.963 bits per heavy atom. The molecule has 0 fully saturated rings. The molecule has 6 heteroatoms. The zero-order valence-corrected chi connectivity index (χ0v) is 14.6. The van der Waals surface area contributed by atoms with E-state index in [0.717, 1.165) is 16.7 Å². The first-order valence-electron chi connectivity index (χ1n) is 8.78. The molecule has 1 amide bonds. The summed E-state index contributed by atoms with van der Waals surface area (Å²) in [6, 6.07) is 21.4. The molecule has 1 heterocycles. The SMILES string of the molecule is O=C(Cn1nnc2ccccc2c1=O)NCCc1ccc2ccccc2c1. The summed E-state index contributed by atoms with van der Waals surface area (Å²) in [7, 11) is 0. The Balaban J connectivity index is 1.38. The second-order valence-electron chi connectivity index (χ2n) is 6.35. The number of hydrogen-bond donors (Lipinski definition) is 1. The van der Waals surface area contributed by atoms with Gasteiger partial charge in [-0.3, -0.25) is 9.59 Å². The van der Waals surface area contributed by atoms with Gasteiger partial charge in [-0.15, -0.1) is 5.10 Å². The van der Waals surface area contributed by atoms with Crippen LogP contribution in [0.3, 0.4) is 0 Å². The second-order valence-corrected chi connectivity index (χ2v) is 6.35. The first-order chi connectivity index (χ1) is 13.2. The van der Waals surface area contributed by atoms with Gasteiger partial charge in [-0.05, 0) is 34.9 Å². The molecule has 4 rings (SSSR count). The van der Waals surface area contributed by atoms with Gasteiger partial charge in [0.15, 0.2) is 0 Å². The molecule has 1 aromatic heterocycles. The number of hydrogen-bond acceptors (Lipinski definition) is 4. The zero-order valence-electron chi connectivity index (χ0n) is 14.6. The zero-order chi connectivity index (χ0) is 18.6. The number of rotatable bonds is 5. The third-order valence-corrected chi connectivity index (χ3v) is 4.47. The highest BCUT2D eigenvalue weighted by molar-refractivity contribution is 5.83. The highest BCUT2D eigenvalue weighted by Gasteiger charge is 2.09. The van der Waals surface area contributed by atoms with Crippen LogP contribution in [0.4, 0.5) is 0 Å². The average molecular weight is 358 g/mol. The van der Waals surface area contributed by atoms with E-state index in [-0.39, 0.29) is 18.0 Å². The molecule has 0 spiro atoms. The van der Waals surface area contributed by atoms with Crippen molar-refractivity contribution in [2.24, 2.45) is 0 Å². The van der Waals surface area contributed by atoms with Crippen LogP contribution in [0.2, 0.25) is 0 Å². The lowest BCUT2D eigenvalue weighted by Gasteiger charge is -2.07. The number of nitrogens with zero attached hydrogens (tertiary/aromatic N) is 3. The van der Waals surface area contributed by atoms with Crippen molar-refractivity contribution in [2.75, 3.05) is 6.54 Å². The molecule has 6 nitrogen and oxygen atoms in total. The first-order valence-corrected chi connectivity index (χ1v) is 8.78. The molecule has 0 bridgehead atoms. The monoisotopic (exact) mass is 358 g/mol. The standard InChI is InChI=1S/C21H18N4O2/c26-20(14-25-21(27)18-7-3-4-8-19(18)23-24-25)22-12-11-15-9-10-16-5-1-2-6-17(16)13-15/h1-10,13H,11-12,14H2,(H,22,26). The maximum absolute atomic E-state index is 12.4. The smallest absolute Gasteiger partial charge is 0.278 e. The Kier molecular flexibility index (Phi) is 4.61. The molecule has 0 aliphatic carbocycles. The number of amides is 1. The van der Waals surface area contributed by atoms with Gasteiger partial charge in [-0.2, -0.15) is 0 Å². The largest absolute Gasteiger partial charge is 0.354 e. The fraction of sp³-hybridized carbons (Fsp3) is 0.143. The normalized spacial score (nSPS) is 11.0. The van der Waals surface area contributed by atoms with Gasteiger partial charge in [0.2, 0.25) is 5.91 Å². The van der Waals surface area contributed by atoms with Crippen molar-refractivity contribution in [2.45, 2.75) is 13.0 Å². The van der Waals surface area contributed by atoms with Crippen molar-refractivity contribution >= 4 is 27.6 Å². The van der Waals surface area contributed by atoms with Crippen LogP contribution in [0.15, 0.2) is 71.5 Å². The Morgan fingerprint density at radius 3 is 2.63 bits per heavy atom. The lowest BCUT2D eigenvalue weighted by molar-refractivity contribution is -0.121. The third kappa shape index (κ3) is 3.69. The molecular formula is C21H18N4O2. The quantitative estimate of drug-likeness (QED) is 0.594. The van der Waals surface area contributed by atoms with Gasteiger partial charge >= 0.3 is 0 Å². The van der Waals surface area contributed by atoms with Crippen LogP contribution >= 0.6 is 0 Å². The van der Waals surface area contributed by atoms with Crippen LogP contribution in [-0.4, -0.2) is 27.4 Å². The maximum atomic E-state index is 12.4. The Hall–Kier alpha value is -3.54. The van der Waals surface area contributed by atoms with E-state index in [0.29, 0.717) is 17.4 Å². The minimum absolute atomic E-state index is 0.144. The summed E-state index contributed by atoms with van der Waals surface area (Å²) in [5.74, 6) is -0.262. The van der Waals surface area contributed by atoms with E-state index in [1.807, 2.05) is 12.1 Å². The molecule has 0 saturated carbocycles. The van der Waals surface area contributed by atoms with E-state index in [9.17, 15) is 9.59 Å². The van der Waals surface area contributed by atoms with Crippen molar-refractivity contribution < 1.29 is 4.79 Å². The number of carbonyl (C=O) groups excluding carboxylic acids is 1. The maximum Gasteiger partial charge on any atom is 0.278 e. The molecule has 0 atom stereocenters. The Bertz CT molecular complexity index is 1180. The lowest BCUT2D eigenvalue weighted by Crippen LogP contribution is -2.35. The van der Waals surface area contributed by atoms with Crippen molar-refractivity contribution in [3.8, 4) is 0 Å². The molecule has 0 aliphatic heterocycles. The molecular weight excluding hydrogens is 340 g/mol. The topological polar surface area (TPSA) is 76.9 Å². The first kappa shape index (κ1) is 16.9. The summed E-state index contributed by atoms with van der Waals surface area (Å²) in [5.41, 5.74) is 1.36. The number of benzene rings is 3. The predicted octanol–water partition coefficient (Wildman–Crippen LogP) is 2.30. The summed E-state index contributed by atoms with van der Waals surface area (Å²) < 4.78 is 1.09. The molecule has 0 radical (unpaired) electrons. The highest BCUT2D eigenvalue weighted by Crippen LogP contribution is 2.15. The molecule has 3 aromatic carbocycles. The van der Waals surface area contributed by atoms with E-state index in [4.69, 9.17) is 0 Å². The van der Waals surface area contributed by atoms with E-state index in [1.54, 1.807) is 24.3 Å². The van der Waals surface area contributed by atoms with Crippen molar-refractivity contribution in [3.63, 3.8) is 0 Å². The molecule has 0 aliphatic rings. The summed E-state index contributed by atoms with van der Waals surface area (Å²) >= 11 is 0. The van der Waals surface area contributed by atoms with Gasteiger partial charge in [-0.25, -0.2) is 4.68 Å². The van der Waals surface area contributed by atoms with Gasteiger partial charge in [0, 0.05) is 6.54 Å². The van der Waals surface area contributed by atoms with Gasteiger partial charge in [0.25, 0.3) is 5.56 Å². The average Bonchev–Trinajstić information content (AvgIpc) is 2.70. The van der Waals surface area contributed by atoms with E-state index in [2.05, 4.69) is 46.0 Å².